The van der Waals surface area contributed by atoms with Crippen LogP contribution in [0.25, 0.3) is 0 Å². The number of hydrogen-bond donors (Lipinski definition) is 3. The number of nitrogens with two attached hydrogens (primary N) is 1. The summed E-state index contributed by atoms with van der Waals surface area (Å²) in [5.74, 6) is -0.0229. The van der Waals surface area contributed by atoms with Gasteiger partial charge in [0.05, 0.1) is 0 Å². The van der Waals surface area contributed by atoms with Crippen LogP contribution in [0.1, 0.15) is 6.92 Å². The molecule has 0 fully saturated rings. The van der Waals surface area contributed by atoms with Crippen molar-refractivity contribution in [2.45, 2.75) is 13.0 Å². The Bertz CT molecular complexity index is 187. The van der Waals surface area contributed by atoms with Crippen LogP contribution in [0.5, 0.6) is 0 Å². The summed E-state index contributed by atoms with van der Waals surface area (Å²) in [7, 11) is 0. The van der Waals surface area contributed by atoms with Crippen LogP contribution in [0, 0.1) is 0 Å². The molecule has 0 radical (unpaired) electrons. The Morgan fingerprint density at radius 2 is 2.23 bits per heavy atom. The molecule has 0 rings (SSSR count). The Kier molecular flexibility index (Phi) is 6.34. The van der Waals surface area contributed by atoms with Crippen LogP contribution in [0.2, 0.25) is 0 Å². The van der Waals surface area contributed by atoms with E-state index in [1.54, 1.807) is 0 Å². The highest BCUT2D eigenvalue weighted by molar-refractivity contribution is 7.99. The molecule has 0 spiro atoms. The van der Waals surface area contributed by atoms with Crippen molar-refractivity contribution in [1.29, 1.82) is 0 Å². The molecule has 5 nitrogen and oxygen atoms in total. The summed E-state index contributed by atoms with van der Waals surface area (Å²) >= 11 is 1.41. The van der Waals surface area contributed by atoms with Gasteiger partial charge in [-0.2, -0.15) is 11.8 Å². The van der Waals surface area contributed by atoms with E-state index in [2.05, 4.69) is 5.32 Å². The second-order valence-corrected chi connectivity index (χ2v) is 3.65. The zero-order valence-corrected chi connectivity index (χ0v) is 8.26. The number of hydrogen-bond acceptors (Lipinski definition) is 4. The summed E-state index contributed by atoms with van der Waals surface area (Å²) in [5.41, 5.74) is 5.25. The third-order valence-electron chi connectivity index (χ3n) is 1.23. The van der Waals surface area contributed by atoms with Gasteiger partial charge in [-0.05, 0) is 0 Å². The Morgan fingerprint density at radius 3 is 2.69 bits per heavy atom. The molecule has 0 aromatic carbocycles. The highest BCUT2D eigenvalue weighted by Gasteiger charge is 2.10. The maximum atomic E-state index is 10.4. The van der Waals surface area contributed by atoms with Gasteiger partial charge in [0.1, 0.15) is 6.04 Å². The van der Waals surface area contributed by atoms with Gasteiger partial charge in [-0.1, -0.05) is 0 Å². The maximum absolute atomic E-state index is 10.4. The fourth-order valence-corrected chi connectivity index (χ4v) is 1.39. The maximum Gasteiger partial charge on any atom is 0.321 e. The first-order valence-corrected chi connectivity index (χ1v) is 5.00. The fourth-order valence-electron chi connectivity index (χ4n) is 0.581. The molecule has 13 heavy (non-hydrogen) atoms. The molecule has 1 unspecified atom stereocenters. The Hall–Kier alpha value is -0.750. The monoisotopic (exact) mass is 206 g/mol. The lowest BCUT2D eigenvalue weighted by atomic mass is 10.4. The lowest BCUT2D eigenvalue weighted by Crippen LogP contribution is -2.33. The van der Waals surface area contributed by atoms with Crippen LogP contribution in [-0.4, -0.2) is 41.1 Å². The first-order chi connectivity index (χ1) is 6.04. The predicted octanol–water partition coefficient (Wildman–Crippen LogP) is -0.732. The summed E-state index contributed by atoms with van der Waals surface area (Å²) < 4.78 is 0. The fraction of sp³-hybridized carbons (Fsp3) is 0.714. The molecule has 0 bridgehead atoms. The van der Waals surface area contributed by atoms with E-state index in [-0.39, 0.29) is 5.91 Å². The Morgan fingerprint density at radius 1 is 1.62 bits per heavy atom. The largest absolute Gasteiger partial charge is 0.480 e. The van der Waals surface area contributed by atoms with E-state index in [4.69, 9.17) is 10.8 Å². The molecule has 0 aliphatic carbocycles. The highest BCUT2D eigenvalue weighted by atomic mass is 32.2. The van der Waals surface area contributed by atoms with E-state index in [9.17, 15) is 9.59 Å². The smallest absolute Gasteiger partial charge is 0.321 e. The van der Waals surface area contributed by atoms with Gasteiger partial charge in [0.15, 0.2) is 0 Å². The third-order valence-corrected chi connectivity index (χ3v) is 2.32. The molecule has 76 valence electrons. The van der Waals surface area contributed by atoms with Crippen LogP contribution in [0.15, 0.2) is 0 Å². The zero-order chi connectivity index (χ0) is 10.3. The Balaban J connectivity index is 3.26. The summed E-state index contributed by atoms with van der Waals surface area (Å²) in [5, 5.41) is 11.0. The number of carbonyl (C=O) groups is 2. The predicted molar refractivity (Wildman–Crippen MR) is 51.6 cm³/mol. The van der Waals surface area contributed by atoms with Crippen molar-refractivity contribution in [2.24, 2.45) is 5.73 Å². The van der Waals surface area contributed by atoms with Gasteiger partial charge in [-0.3, -0.25) is 9.59 Å². The average Bonchev–Trinajstić information content (AvgIpc) is 2.02. The molecule has 0 aromatic heterocycles. The SMILES string of the molecule is CC(=O)NCCSCC(N)C(=O)O. The molecule has 6 heteroatoms. The third kappa shape index (κ3) is 7.61. The molecular formula is C7H14N2O3S. The van der Waals surface area contributed by atoms with Crippen LogP contribution < -0.4 is 11.1 Å². The van der Waals surface area contributed by atoms with Crippen LogP contribution in [0.4, 0.5) is 0 Å². The molecule has 0 saturated carbocycles. The minimum atomic E-state index is -0.993. The minimum Gasteiger partial charge on any atom is -0.480 e. The Labute approximate surface area is 81.1 Å². The van der Waals surface area contributed by atoms with Crippen molar-refractivity contribution in [3.63, 3.8) is 0 Å². The number of carboxylic acids is 1. The van der Waals surface area contributed by atoms with Gasteiger partial charge in [-0.15, -0.1) is 0 Å². The average molecular weight is 206 g/mol. The van der Waals surface area contributed by atoms with Crippen LogP contribution in [0.3, 0.4) is 0 Å². The molecule has 0 aliphatic rings. The van der Waals surface area contributed by atoms with E-state index in [1.807, 2.05) is 0 Å². The second-order valence-electron chi connectivity index (χ2n) is 2.50. The summed E-state index contributed by atoms with van der Waals surface area (Å²) in [6.07, 6.45) is 0. The van der Waals surface area contributed by atoms with E-state index >= 15 is 0 Å². The van der Waals surface area contributed by atoms with Gasteiger partial charge >= 0.3 is 5.97 Å². The molecule has 0 saturated heterocycles. The standard InChI is InChI=1S/C7H14N2O3S/c1-5(10)9-2-3-13-4-6(8)7(11)12/h6H,2-4,8H2,1H3,(H,9,10)(H,11,12). The van der Waals surface area contributed by atoms with Crippen molar-refractivity contribution in [2.75, 3.05) is 18.1 Å². The quantitative estimate of drug-likeness (QED) is 0.498. The first kappa shape index (κ1) is 12.2. The van der Waals surface area contributed by atoms with Crippen LogP contribution in [-0.2, 0) is 9.59 Å². The van der Waals surface area contributed by atoms with E-state index in [0.717, 1.165) is 0 Å². The van der Waals surface area contributed by atoms with Crippen molar-refractivity contribution < 1.29 is 14.7 Å². The summed E-state index contributed by atoms with van der Waals surface area (Å²) in [6, 6.07) is -0.817. The molecular weight excluding hydrogens is 192 g/mol. The number of rotatable bonds is 6. The lowest BCUT2D eigenvalue weighted by molar-refractivity contribution is -0.137. The molecule has 1 amide bonds. The molecule has 0 aromatic rings. The highest BCUT2D eigenvalue weighted by Crippen LogP contribution is 2.00. The van der Waals surface area contributed by atoms with Gasteiger partial charge in [-0.25, -0.2) is 0 Å². The van der Waals surface area contributed by atoms with E-state index < -0.39 is 12.0 Å². The number of aliphatic carboxylic acids is 1. The van der Waals surface area contributed by atoms with Gasteiger partial charge in [0.2, 0.25) is 5.91 Å². The van der Waals surface area contributed by atoms with Crippen molar-refractivity contribution in [3.8, 4) is 0 Å². The van der Waals surface area contributed by atoms with Crippen LogP contribution >= 0.6 is 11.8 Å². The molecule has 4 N–H and O–H groups in total. The number of thioether (sulfide) groups is 1. The number of carbonyl (C=O) groups excluding carboxylic acids is 1. The normalized spacial score (nSPS) is 12.2. The van der Waals surface area contributed by atoms with Crippen molar-refractivity contribution >= 4 is 23.6 Å². The van der Waals surface area contributed by atoms with Crippen molar-refractivity contribution in [1.82, 2.24) is 5.32 Å². The molecule has 0 heterocycles. The minimum absolute atomic E-state index is 0.0804. The molecule has 1 atom stereocenters. The first-order valence-electron chi connectivity index (χ1n) is 3.84. The lowest BCUT2D eigenvalue weighted by Gasteiger charge is -2.05. The van der Waals surface area contributed by atoms with E-state index in [0.29, 0.717) is 18.1 Å². The number of nitrogens with one attached hydrogen (secondary N) is 1. The molecule has 0 aliphatic heterocycles. The topological polar surface area (TPSA) is 92.4 Å². The van der Waals surface area contributed by atoms with Gasteiger partial charge in [0.25, 0.3) is 0 Å². The summed E-state index contributed by atoms with van der Waals surface area (Å²) in [6.45, 7) is 1.99. The van der Waals surface area contributed by atoms with Gasteiger partial charge in [0, 0.05) is 25.0 Å². The second kappa shape index (κ2) is 6.73. The number of carboxylic acid groups (broad SMARTS) is 1. The van der Waals surface area contributed by atoms with Gasteiger partial charge < -0.3 is 16.2 Å². The van der Waals surface area contributed by atoms with Crippen molar-refractivity contribution in [3.05, 3.63) is 0 Å². The number of amides is 1. The van der Waals surface area contributed by atoms with E-state index in [1.165, 1.54) is 18.7 Å². The zero-order valence-electron chi connectivity index (χ0n) is 7.45. The summed E-state index contributed by atoms with van der Waals surface area (Å²) in [4.78, 5) is 20.7.